The second-order valence-corrected chi connectivity index (χ2v) is 7.88. The quantitative estimate of drug-likeness (QED) is 0.507. The van der Waals surface area contributed by atoms with Gasteiger partial charge in [0, 0.05) is 35.8 Å². The van der Waals surface area contributed by atoms with Gasteiger partial charge < -0.3 is 25.2 Å². The van der Waals surface area contributed by atoms with Crippen molar-refractivity contribution < 1.29 is 19.4 Å². The summed E-state index contributed by atoms with van der Waals surface area (Å²) in [5.74, 6) is 0.497. The van der Waals surface area contributed by atoms with Crippen LogP contribution in [-0.4, -0.2) is 53.9 Å². The monoisotopic (exact) mass is 462 g/mol. The normalized spacial score (nSPS) is 18.2. The summed E-state index contributed by atoms with van der Waals surface area (Å²) in [6, 6.07) is 6.63. The lowest BCUT2D eigenvalue weighted by Crippen LogP contribution is -2.30. The summed E-state index contributed by atoms with van der Waals surface area (Å²) in [5.41, 5.74) is 2.10. The first kappa shape index (κ1) is 21.4. The smallest absolute Gasteiger partial charge is 0.320 e. The fraction of sp³-hybridized carbons (Fsp3) is 0.286. The Morgan fingerprint density at radius 3 is 2.52 bits per heavy atom. The molecule has 0 amide bonds. The lowest BCUT2D eigenvalue weighted by molar-refractivity contribution is -0.139. The number of benzene rings is 2. The number of anilines is 1. The second kappa shape index (κ2) is 8.74. The first-order chi connectivity index (χ1) is 14.9. The zero-order valence-electron chi connectivity index (χ0n) is 16.8. The van der Waals surface area contributed by atoms with Crippen molar-refractivity contribution in [3.8, 4) is 22.6 Å². The molecule has 0 spiro atoms. The minimum absolute atomic E-state index is 0.0558. The van der Waals surface area contributed by atoms with Crippen LogP contribution >= 0.6 is 23.2 Å². The lowest BCUT2D eigenvalue weighted by atomic mass is 10.0. The van der Waals surface area contributed by atoms with E-state index >= 15 is 0 Å². The summed E-state index contributed by atoms with van der Waals surface area (Å²) in [6.07, 6.45) is 2.16. The van der Waals surface area contributed by atoms with Crippen LogP contribution in [0.2, 0.25) is 10.0 Å². The van der Waals surface area contributed by atoms with Gasteiger partial charge in [-0.25, -0.2) is 9.97 Å². The van der Waals surface area contributed by atoms with Gasteiger partial charge in [0.2, 0.25) is 5.95 Å². The number of aliphatic carboxylic acids is 1. The Kier molecular flexibility index (Phi) is 6.04. The highest BCUT2D eigenvalue weighted by Gasteiger charge is 2.29. The highest BCUT2D eigenvalue weighted by Crippen LogP contribution is 2.46. The van der Waals surface area contributed by atoms with Crippen LogP contribution in [0.25, 0.3) is 22.0 Å². The molecule has 1 fully saturated rings. The van der Waals surface area contributed by atoms with Crippen molar-refractivity contribution in [2.45, 2.75) is 18.5 Å². The Morgan fingerprint density at radius 2 is 1.90 bits per heavy atom. The molecule has 1 saturated heterocycles. The molecule has 2 atom stereocenters. The molecule has 31 heavy (non-hydrogen) atoms. The zero-order valence-corrected chi connectivity index (χ0v) is 18.3. The maximum Gasteiger partial charge on any atom is 0.320 e. The van der Waals surface area contributed by atoms with Gasteiger partial charge in [0.1, 0.15) is 17.5 Å². The summed E-state index contributed by atoms with van der Waals surface area (Å²) >= 11 is 13.1. The highest BCUT2D eigenvalue weighted by molar-refractivity contribution is 6.41. The van der Waals surface area contributed by atoms with Crippen molar-refractivity contribution >= 4 is 46.0 Å². The molecule has 8 nitrogen and oxygen atoms in total. The molecular formula is C21H20Cl2N4O4. The van der Waals surface area contributed by atoms with Crippen LogP contribution in [-0.2, 0) is 4.79 Å². The number of aromatic nitrogens is 2. The molecule has 0 unspecified atom stereocenters. The average molecular weight is 463 g/mol. The number of nitrogens with zero attached hydrogens (tertiary/aromatic N) is 2. The van der Waals surface area contributed by atoms with Gasteiger partial charge in [-0.1, -0.05) is 29.3 Å². The van der Waals surface area contributed by atoms with Gasteiger partial charge in [-0.3, -0.25) is 4.79 Å². The van der Waals surface area contributed by atoms with Gasteiger partial charge >= 0.3 is 5.97 Å². The minimum atomic E-state index is -0.859. The Balaban J connectivity index is 1.65. The molecule has 0 radical (unpaired) electrons. The zero-order chi connectivity index (χ0) is 22.1. The molecule has 2 heterocycles. The minimum Gasteiger partial charge on any atom is -0.495 e. The van der Waals surface area contributed by atoms with Gasteiger partial charge in [-0.05, 0) is 24.1 Å². The molecule has 0 bridgehead atoms. The van der Waals surface area contributed by atoms with Crippen molar-refractivity contribution in [3.05, 3.63) is 40.5 Å². The van der Waals surface area contributed by atoms with E-state index in [2.05, 4.69) is 20.6 Å². The standard InChI is InChI=1S/C21H20Cl2N4O4/c1-30-15-7-16(31-2)19(23)17(18(15)22)10-3-4-13-11(5-10)8-25-21(27-13)26-12-6-14(20(28)29)24-9-12/h3-5,7-8,12,14,24H,6,9H2,1-2H3,(H,28,29)(H,25,26,27)/t12-,14-/m0/s1. The molecule has 4 rings (SSSR count). The number of carbonyl (C=O) groups is 1. The Hall–Kier alpha value is -2.81. The first-order valence-corrected chi connectivity index (χ1v) is 10.3. The number of rotatable bonds is 6. The van der Waals surface area contributed by atoms with Gasteiger partial charge in [-0.15, -0.1) is 0 Å². The van der Waals surface area contributed by atoms with Crippen molar-refractivity contribution in [2.75, 3.05) is 26.1 Å². The molecule has 162 valence electrons. The highest BCUT2D eigenvalue weighted by atomic mass is 35.5. The number of halogens is 2. The number of ether oxygens (including phenoxy) is 2. The number of carboxylic acid groups (broad SMARTS) is 1. The maximum atomic E-state index is 11.1. The summed E-state index contributed by atoms with van der Waals surface area (Å²) in [4.78, 5) is 20.0. The van der Waals surface area contributed by atoms with Crippen molar-refractivity contribution in [3.63, 3.8) is 0 Å². The number of fused-ring (bicyclic) bond motifs is 1. The van der Waals surface area contributed by atoms with E-state index in [0.29, 0.717) is 46.0 Å². The molecule has 2 aromatic carbocycles. The second-order valence-electron chi connectivity index (χ2n) is 7.13. The third kappa shape index (κ3) is 4.19. The molecule has 1 aliphatic heterocycles. The first-order valence-electron chi connectivity index (χ1n) is 9.51. The number of hydrogen-bond donors (Lipinski definition) is 3. The summed E-state index contributed by atoms with van der Waals surface area (Å²) in [6.45, 7) is 0.534. The molecule has 10 heteroatoms. The predicted octanol–water partition coefficient (Wildman–Crippen LogP) is 3.85. The third-order valence-electron chi connectivity index (χ3n) is 5.20. The third-order valence-corrected chi connectivity index (χ3v) is 5.95. The Bertz CT molecular complexity index is 1130. The van der Waals surface area contributed by atoms with Gasteiger partial charge in [-0.2, -0.15) is 0 Å². The SMILES string of the molecule is COc1cc(OC)c(Cl)c(-c2ccc3nc(N[C@@H]4CN[C@H](C(=O)O)C4)ncc3c2)c1Cl. The fourth-order valence-electron chi connectivity index (χ4n) is 3.61. The van der Waals surface area contributed by atoms with Crippen LogP contribution < -0.4 is 20.1 Å². The van der Waals surface area contributed by atoms with Crippen molar-refractivity contribution in [1.82, 2.24) is 15.3 Å². The predicted molar refractivity (Wildman–Crippen MR) is 120 cm³/mol. The molecule has 0 saturated carbocycles. The van der Waals surface area contributed by atoms with E-state index in [-0.39, 0.29) is 6.04 Å². The van der Waals surface area contributed by atoms with Crippen LogP contribution in [0.3, 0.4) is 0 Å². The summed E-state index contributed by atoms with van der Waals surface area (Å²) < 4.78 is 10.7. The summed E-state index contributed by atoms with van der Waals surface area (Å²) in [7, 11) is 3.05. The van der Waals surface area contributed by atoms with Crippen LogP contribution in [0.15, 0.2) is 30.5 Å². The molecular weight excluding hydrogens is 443 g/mol. The Labute approximate surface area is 188 Å². The van der Waals surface area contributed by atoms with E-state index in [0.717, 1.165) is 16.5 Å². The molecule has 0 aliphatic carbocycles. The van der Waals surface area contributed by atoms with E-state index in [1.807, 2.05) is 18.2 Å². The van der Waals surface area contributed by atoms with Gasteiger partial charge in [0.25, 0.3) is 0 Å². The van der Waals surface area contributed by atoms with Crippen molar-refractivity contribution in [1.29, 1.82) is 0 Å². The van der Waals surface area contributed by atoms with E-state index in [9.17, 15) is 4.79 Å². The number of hydrogen-bond acceptors (Lipinski definition) is 7. The van der Waals surface area contributed by atoms with Crippen LogP contribution in [0.5, 0.6) is 11.5 Å². The van der Waals surface area contributed by atoms with Gasteiger partial charge in [0.05, 0.1) is 29.8 Å². The van der Waals surface area contributed by atoms with Crippen molar-refractivity contribution in [2.24, 2.45) is 0 Å². The molecule has 1 aromatic heterocycles. The number of nitrogens with one attached hydrogen (secondary N) is 2. The Morgan fingerprint density at radius 1 is 1.19 bits per heavy atom. The number of carboxylic acids is 1. The van der Waals surface area contributed by atoms with E-state index in [1.54, 1.807) is 12.3 Å². The summed E-state index contributed by atoms with van der Waals surface area (Å²) in [5, 5.41) is 16.8. The average Bonchev–Trinajstić information content (AvgIpc) is 3.23. The largest absolute Gasteiger partial charge is 0.495 e. The number of methoxy groups -OCH3 is 2. The molecule has 1 aliphatic rings. The fourth-order valence-corrected chi connectivity index (χ4v) is 4.33. The molecule has 3 N–H and O–H groups in total. The van der Waals surface area contributed by atoms with E-state index in [1.165, 1.54) is 14.2 Å². The van der Waals surface area contributed by atoms with Crippen LogP contribution in [0.1, 0.15) is 6.42 Å². The van der Waals surface area contributed by atoms with Gasteiger partial charge in [0.15, 0.2) is 0 Å². The molecule has 3 aromatic rings. The van der Waals surface area contributed by atoms with E-state index < -0.39 is 12.0 Å². The van der Waals surface area contributed by atoms with Crippen LogP contribution in [0, 0.1) is 0 Å². The topological polar surface area (TPSA) is 106 Å². The maximum absolute atomic E-state index is 11.1. The van der Waals surface area contributed by atoms with Crippen LogP contribution in [0.4, 0.5) is 5.95 Å². The lowest BCUT2D eigenvalue weighted by Gasteiger charge is -2.15. The van der Waals surface area contributed by atoms with E-state index in [4.69, 9.17) is 37.8 Å².